The maximum absolute atomic E-state index is 13.2. The number of aromatic nitrogens is 2. The average molecular weight is 308 g/mol. The summed E-state index contributed by atoms with van der Waals surface area (Å²) in [6, 6.07) is 8.61. The van der Waals surface area contributed by atoms with Crippen LogP contribution >= 0.6 is 0 Å². The molecule has 0 aliphatic rings. The zero-order chi connectivity index (χ0) is 16.6. The van der Waals surface area contributed by atoms with E-state index in [0.717, 1.165) is 23.3 Å². The summed E-state index contributed by atoms with van der Waals surface area (Å²) in [5, 5.41) is 1.21. The first kappa shape index (κ1) is 15.5. The van der Waals surface area contributed by atoms with Crippen LogP contribution in [0.25, 0.3) is 22.2 Å². The normalized spacial score (nSPS) is 11.0. The molecule has 0 atom stereocenters. The van der Waals surface area contributed by atoms with Crippen molar-refractivity contribution in [2.45, 2.75) is 34.2 Å². The molecule has 3 heteroatoms. The molecule has 2 nitrogen and oxygen atoms in total. The highest BCUT2D eigenvalue weighted by Crippen LogP contribution is 2.32. The predicted octanol–water partition coefficient (Wildman–Crippen LogP) is 5.43. The SMILES string of the molecule is CC(C)=CCn1c(C)c(C)c2ccnc(-c3ccc(F)cc3)c21. The minimum Gasteiger partial charge on any atom is -0.339 e. The van der Waals surface area contributed by atoms with Crippen LogP contribution in [0.1, 0.15) is 25.1 Å². The number of allylic oxidation sites excluding steroid dienone is 2. The molecular formula is C20H21FN2. The second-order valence-corrected chi connectivity index (χ2v) is 6.17. The van der Waals surface area contributed by atoms with Gasteiger partial charge in [-0.15, -0.1) is 0 Å². The standard InChI is InChI=1S/C20H21FN2/c1-13(2)10-12-23-15(4)14(3)18-9-11-22-19(20(18)23)16-5-7-17(21)8-6-16/h5-11H,12H2,1-4H3. The van der Waals surface area contributed by atoms with Gasteiger partial charge in [0.25, 0.3) is 0 Å². The summed E-state index contributed by atoms with van der Waals surface area (Å²) in [5.41, 5.74) is 6.76. The predicted molar refractivity (Wildman–Crippen MR) is 94.0 cm³/mol. The van der Waals surface area contributed by atoms with Crippen LogP contribution in [-0.2, 0) is 6.54 Å². The third-order valence-corrected chi connectivity index (χ3v) is 4.35. The van der Waals surface area contributed by atoms with Crippen molar-refractivity contribution in [2.75, 3.05) is 0 Å². The van der Waals surface area contributed by atoms with E-state index in [1.54, 1.807) is 12.1 Å². The van der Waals surface area contributed by atoms with Gasteiger partial charge in [-0.3, -0.25) is 4.98 Å². The van der Waals surface area contributed by atoms with Crippen molar-refractivity contribution < 1.29 is 4.39 Å². The fraction of sp³-hybridized carbons (Fsp3) is 0.250. The number of nitrogens with zero attached hydrogens (tertiary/aromatic N) is 2. The van der Waals surface area contributed by atoms with Crippen LogP contribution in [0.5, 0.6) is 0 Å². The first-order valence-electron chi connectivity index (χ1n) is 7.82. The molecule has 0 aliphatic carbocycles. The Kier molecular flexibility index (Phi) is 4.03. The van der Waals surface area contributed by atoms with Crippen molar-refractivity contribution in [3.63, 3.8) is 0 Å². The number of halogens is 1. The molecule has 3 rings (SSSR count). The highest BCUT2D eigenvalue weighted by Gasteiger charge is 2.15. The van der Waals surface area contributed by atoms with E-state index < -0.39 is 0 Å². The van der Waals surface area contributed by atoms with Crippen molar-refractivity contribution in [3.8, 4) is 11.3 Å². The Labute approximate surface area is 136 Å². The lowest BCUT2D eigenvalue weighted by molar-refractivity contribution is 0.628. The highest BCUT2D eigenvalue weighted by molar-refractivity contribution is 5.95. The molecule has 118 valence electrons. The third kappa shape index (κ3) is 2.79. The zero-order valence-electron chi connectivity index (χ0n) is 14.0. The summed E-state index contributed by atoms with van der Waals surface area (Å²) in [7, 11) is 0. The number of hydrogen-bond acceptors (Lipinski definition) is 1. The van der Waals surface area contributed by atoms with E-state index >= 15 is 0 Å². The molecule has 0 amide bonds. The molecule has 0 N–H and O–H groups in total. The van der Waals surface area contributed by atoms with Crippen LogP contribution in [0.4, 0.5) is 4.39 Å². The number of pyridine rings is 1. The lowest BCUT2D eigenvalue weighted by atomic mass is 10.1. The number of aryl methyl sites for hydroxylation is 1. The Morgan fingerprint density at radius 1 is 1.13 bits per heavy atom. The quantitative estimate of drug-likeness (QED) is 0.590. The van der Waals surface area contributed by atoms with E-state index in [1.165, 1.54) is 34.3 Å². The molecule has 0 spiro atoms. The van der Waals surface area contributed by atoms with Gasteiger partial charge < -0.3 is 4.57 Å². The van der Waals surface area contributed by atoms with Gasteiger partial charge in [-0.1, -0.05) is 11.6 Å². The minimum atomic E-state index is -0.229. The maximum atomic E-state index is 13.2. The van der Waals surface area contributed by atoms with Gasteiger partial charge in [-0.2, -0.15) is 0 Å². The first-order chi connectivity index (χ1) is 11.0. The number of rotatable bonds is 3. The lowest BCUT2D eigenvalue weighted by Crippen LogP contribution is -2.00. The van der Waals surface area contributed by atoms with Gasteiger partial charge in [0.2, 0.25) is 0 Å². The Balaban J connectivity index is 2.28. The summed E-state index contributed by atoms with van der Waals surface area (Å²) in [6.45, 7) is 9.31. The second kappa shape index (κ2) is 5.99. The van der Waals surface area contributed by atoms with Crippen LogP contribution in [0, 0.1) is 19.7 Å². The minimum absolute atomic E-state index is 0.229. The van der Waals surface area contributed by atoms with Crippen molar-refractivity contribution in [1.29, 1.82) is 0 Å². The van der Waals surface area contributed by atoms with E-state index in [1.807, 2.05) is 6.20 Å². The summed E-state index contributed by atoms with van der Waals surface area (Å²) in [4.78, 5) is 4.59. The van der Waals surface area contributed by atoms with Gasteiger partial charge >= 0.3 is 0 Å². The van der Waals surface area contributed by atoms with Gasteiger partial charge in [0.05, 0.1) is 11.2 Å². The van der Waals surface area contributed by atoms with Gasteiger partial charge in [-0.05, 0) is 63.6 Å². The average Bonchev–Trinajstić information content (AvgIpc) is 2.78. The Morgan fingerprint density at radius 3 is 2.48 bits per heavy atom. The largest absolute Gasteiger partial charge is 0.339 e. The van der Waals surface area contributed by atoms with Crippen molar-refractivity contribution in [1.82, 2.24) is 9.55 Å². The summed E-state index contributed by atoms with van der Waals surface area (Å²) in [5.74, 6) is -0.229. The fourth-order valence-corrected chi connectivity index (χ4v) is 2.92. The Bertz CT molecular complexity index is 882. The van der Waals surface area contributed by atoms with Gasteiger partial charge in [0.1, 0.15) is 5.82 Å². The summed E-state index contributed by atoms with van der Waals surface area (Å²) >= 11 is 0. The molecule has 0 fully saturated rings. The molecule has 0 bridgehead atoms. The van der Waals surface area contributed by atoms with Crippen molar-refractivity contribution in [3.05, 3.63) is 65.3 Å². The molecule has 0 saturated heterocycles. The molecule has 2 heterocycles. The van der Waals surface area contributed by atoms with Crippen LogP contribution < -0.4 is 0 Å². The van der Waals surface area contributed by atoms with E-state index in [2.05, 4.69) is 49.4 Å². The van der Waals surface area contributed by atoms with E-state index in [9.17, 15) is 4.39 Å². The molecule has 0 radical (unpaired) electrons. The summed E-state index contributed by atoms with van der Waals surface area (Å²) in [6.07, 6.45) is 4.05. The topological polar surface area (TPSA) is 17.8 Å². The highest BCUT2D eigenvalue weighted by atomic mass is 19.1. The summed E-state index contributed by atoms with van der Waals surface area (Å²) < 4.78 is 15.5. The van der Waals surface area contributed by atoms with E-state index in [-0.39, 0.29) is 5.82 Å². The Morgan fingerprint density at radius 2 is 1.83 bits per heavy atom. The van der Waals surface area contributed by atoms with Crippen LogP contribution in [0.3, 0.4) is 0 Å². The van der Waals surface area contributed by atoms with Gasteiger partial charge in [-0.25, -0.2) is 4.39 Å². The zero-order valence-corrected chi connectivity index (χ0v) is 14.0. The van der Waals surface area contributed by atoms with Crippen LogP contribution in [-0.4, -0.2) is 9.55 Å². The van der Waals surface area contributed by atoms with Crippen molar-refractivity contribution >= 4 is 10.9 Å². The molecule has 3 aromatic rings. The molecule has 0 aliphatic heterocycles. The van der Waals surface area contributed by atoms with Crippen molar-refractivity contribution in [2.24, 2.45) is 0 Å². The third-order valence-electron chi connectivity index (χ3n) is 4.35. The monoisotopic (exact) mass is 308 g/mol. The first-order valence-corrected chi connectivity index (χ1v) is 7.82. The number of benzene rings is 1. The second-order valence-electron chi connectivity index (χ2n) is 6.17. The Hall–Kier alpha value is -2.42. The number of fused-ring (bicyclic) bond motifs is 1. The van der Waals surface area contributed by atoms with E-state index in [4.69, 9.17) is 0 Å². The molecule has 0 saturated carbocycles. The van der Waals surface area contributed by atoms with Crippen LogP contribution in [0.15, 0.2) is 48.2 Å². The molecular weight excluding hydrogens is 287 g/mol. The smallest absolute Gasteiger partial charge is 0.123 e. The molecule has 1 aromatic carbocycles. The van der Waals surface area contributed by atoms with Gasteiger partial charge in [0.15, 0.2) is 0 Å². The maximum Gasteiger partial charge on any atom is 0.123 e. The molecule has 0 unspecified atom stereocenters. The fourth-order valence-electron chi connectivity index (χ4n) is 2.92. The number of hydrogen-bond donors (Lipinski definition) is 0. The molecule has 2 aromatic heterocycles. The molecule has 23 heavy (non-hydrogen) atoms. The van der Waals surface area contributed by atoms with Gasteiger partial charge in [0, 0.05) is 29.4 Å². The lowest BCUT2D eigenvalue weighted by Gasteiger charge is -2.10. The van der Waals surface area contributed by atoms with E-state index in [0.29, 0.717) is 0 Å². The van der Waals surface area contributed by atoms with Crippen LogP contribution in [0.2, 0.25) is 0 Å².